The Morgan fingerprint density at radius 1 is 1.36 bits per heavy atom. The van der Waals surface area contributed by atoms with Crippen molar-refractivity contribution >= 4 is 0 Å². The fourth-order valence-electron chi connectivity index (χ4n) is 1.63. The lowest BCUT2D eigenvalue weighted by Gasteiger charge is -2.14. The summed E-state index contributed by atoms with van der Waals surface area (Å²) in [6.07, 6.45) is 2.17. The number of pyridine rings is 1. The van der Waals surface area contributed by atoms with E-state index in [0.717, 1.165) is 23.2 Å². The number of rotatable bonds is 3. The molecule has 2 nitrogen and oxygen atoms in total. The molecule has 2 heteroatoms. The zero-order valence-corrected chi connectivity index (χ0v) is 9.41. The fraction of sp³-hybridized carbons (Fsp3) is 0.583. The van der Waals surface area contributed by atoms with Crippen LogP contribution in [-0.2, 0) is 0 Å². The number of aryl methyl sites for hydroxylation is 2. The van der Waals surface area contributed by atoms with Crippen molar-refractivity contribution in [1.29, 1.82) is 0 Å². The molecule has 0 bridgehead atoms. The van der Waals surface area contributed by atoms with Gasteiger partial charge in [-0.15, -0.1) is 0 Å². The van der Waals surface area contributed by atoms with Crippen LogP contribution >= 0.6 is 0 Å². The maximum Gasteiger partial charge on any atom is 0.0964 e. The number of hydrogen-bond acceptors (Lipinski definition) is 2. The molecule has 0 aliphatic heterocycles. The van der Waals surface area contributed by atoms with Gasteiger partial charge in [0.05, 0.1) is 11.8 Å². The molecule has 1 atom stereocenters. The maximum absolute atomic E-state index is 9.90. The molecule has 1 rings (SSSR count). The van der Waals surface area contributed by atoms with Gasteiger partial charge in [-0.3, -0.25) is 4.98 Å². The van der Waals surface area contributed by atoms with Gasteiger partial charge in [-0.1, -0.05) is 19.9 Å². The van der Waals surface area contributed by atoms with Crippen LogP contribution in [0, 0.1) is 19.8 Å². The molecule has 1 heterocycles. The van der Waals surface area contributed by atoms with Crippen LogP contribution < -0.4 is 0 Å². The molecule has 0 aromatic carbocycles. The smallest absolute Gasteiger partial charge is 0.0964 e. The standard InChI is InChI=1S/C12H19NO/c1-8(2)5-11(14)12-10(4)6-9(3)7-13-12/h6-8,11,14H,5H2,1-4H3. The number of aliphatic hydroxyl groups is 1. The summed E-state index contributed by atoms with van der Waals surface area (Å²) in [5, 5.41) is 9.90. The van der Waals surface area contributed by atoms with Gasteiger partial charge in [0.25, 0.3) is 0 Å². The first-order chi connectivity index (χ1) is 6.50. The minimum atomic E-state index is -0.421. The van der Waals surface area contributed by atoms with E-state index in [1.165, 1.54) is 0 Å². The highest BCUT2D eigenvalue weighted by atomic mass is 16.3. The monoisotopic (exact) mass is 193 g/mol. The van der Waals surface area contributed by atoms with E-state index in [0.29, 0.717) is 5.92 Å². The number of hydrogen-bond donors (Lipinski definition) is 1. The molecular weight excluding hydrogens is 174 g/mol. The molecule has 78 valence electrons. The van der Waals surface area contributed by atoms with Crippen molar-refractivity contribution in [2.75, 3.05) is 0 Å². The molecule has 0 aliphatic rings. The second kappa shape index (κ2) is 4.56. The van der Waals surface area contributed by atoms with Crippen LogP contribution in [0.3, 0.4) is 0 Å². The van der Waals surface area contributed by atoms with E-state index < -0.39 is 6.10 Å². The first-order valence-corrected chi connectivity index (χ1v) is 5.12. The molecule has 0 radical (unpaired) electrons. The van der Waals surface area contributed by atoms with Crippen LogP contribution in [0.4, 0.5) is 0 Å². The SMILES string of the molecule is Cc1cnc(C(O)CC(C)C)c(C)c1. The second-order valence-corrected chi connectivity index (χ2v) is 4.36. The molecule has 0 fully saturated rings. The Labute approximate surface area is 86.0 Å². The van der Waals surface area contributed by atoms with Crippen LogP contribution in [0.25, 0.3) is 0 Å². The van der Waals surface area contributed by atoms with E-state index in [9.17, 15) is 5.11 Å². The molecule has 0 saturated carbocycles. The maximum atomic E-state index is 9.90. The van der Waals surface area contributed by atoms with Crippen molar-refractivity contribution in [2.24, 2.45) is 5.92 Å². The van der Waals surface area contributed by atoms with E-state index in [4.69, 9.17) is 0 Å². The normalized spacial score (nSPS) is 13.3. The Balaban J connectivity index is 2.84. The number of aliphatic hydroxyl groups excluding tert-OH is 1. The van der Waals surface area contributed by atoms with E-state index in [1.807, 2.05) is 20.0 Å². The Morgan fingerprint density at radius 3 is 2.50 bits per heavy atom. The quantitative estimate of drug-likeness (QED) is 0.800. The minimum Gasteiger partial charge on any atom is -0.387 e. The first kappa shape index (κ1) is 11.2. The summed E-state index contributed by atoms with van der Waals surface area (Å²) < 4.78 is 0. The summed E-state index contributed by atoms with van der Waals surface area (Å²) in [7, 11) is 0. The van der Waals surface area contributed by atoms with Gasteiger partial charge in [-0.25, -0.2) is 0 Å². The Bertz CT molecular complexity index is 307. The molecule has 14 heavy (non-hydrogen) atoms. The lowest BCUT2D eigenvalue weighted by molar-refractivity contribution is 0.146. The van der Waals surface area contributed by atoms with Crippen LogP contribution in [0.5, 0.6) is 0 Å². The van der Waals surface area contributed by atoms with Crippen molar-refractivity contribution in [1.82, 2.24) is 4.98 Å². The van der Waals surface area contributed by atoms with Gasteiger partial charge in [0.2, 0.25) is 0 Å². The summed E-state index contributed by atoms with van der Waals surface area (Å²) in [4.78, 5) is 4.28. The van der Waals surface area contributed by atoms with Crippen molar-refractivity contribution < 1.29 is 5.11 Å². The highest BCUT2D eigenvalue weighted by Crippen LogP contribution is 2.22. The van der Waals surface area contributed by atoms with Gasteiger partial charge >= 0.3 is 0 Å². The zero-order chi connectivity index (χ0) is 10.7. The van der Waals surface area contributed by atoms with Crippen LogP contribution in [0.2, 0.25) is 0 Å². The van der Waals surface area contributed by atoms with Crippen molar-refractivity contribution in [2.45, 2.75) is 40.2 Å². The molecule has 1 N–H and O–H groups in total. The zero-order valence-electron chi connectivity index (χ0n) is 9.41. The Kier molecular flexibility index (Phi) is 3.64. The number of aromatic nitrogens is 1. The fourth-order valence-corrected chi connectivity index (χ4v) is 1.63. The van der Waals surface area contributed by atoms with Crippen LogP contribution in [-0.4, -0.2) is 10.1 Å². The van der Waals surface area contributed by atoms with Gasteiger partial charge in [0.15, 0.2) is 0 Å². The summed E-state index contributed by atoms with van der Waals surface area (Å²) in [5.74, 6) is 0.493. The molecule has 0 aliphatic carbocycles. The van der Waals surface area contributed by atoms with Gasteiger partial charge < -0.3 is 5.11 Å². The van der Waals surface area contributed by atoms with E-state index >= 15 is 0 Å². The highest BCUT2D eigenvalue weighted by molar-refractivity contribution is 5.24. The van der Waals surface area contributed by atoms with Gasteiger partial charge in [-0.05, 0) is 37.3 Å². The lowest BCUT2D eigenvalue weighted by Crippen LogP contribution is -2.06. The predicted octanol–water partition coefficient (Wildman–Crippen LogP) is 2.78. The van der Waals surface area contributed by atoms with Crippen LogP contribution in [0.1, 0.15) is 43.2 Å². The first-order valence-electron chi connectivity index (χ1n) is 5.12. The molecule has 1 aromatic rings. The van der Waals surface area contributed by atoms with E-state index in [2.05, 4.69) is 24.9 Å². The summed E-state index contributed by atoms with van der Waals surface area (Å²) in [6.45, 7) is 8.22. The topological polar surface area (TPSA) is 33.1 Å². The summed E-state index contributed by atoms with van der Waals surface area (Å²) in [6, 6.07) is 2.06. The summed E-state index contributed by atoms with van der Waals surface area (Å²) >= 11 is 0. The third-order valence-electron chi connectivity index (χ3n) is 2.27. The highest BCUT2D eigenvalue weighted by Gasteiger charge is 2.13. The molecule has 0 spiro atoms. The van der Waals surface area contributed by atoms with Gasteiger partial charge in [0, 0.05) is 6.20 Å². The van der Waals surface area contributed by atoms with Gasteiger partial charge in [-0.2, -0.15) is 0 Å². The van der Waals surface area contributed by atoms with Gasteiger partial charge in [0.1, 0.15) is 0 Å². The molecule has 0 amide bonds. The van der Waals surface area contributed by atoms with E-state index in [1.54, 1.807) is 0 Å². The van der Waals surface area contributed by atoms with E-state index in [-0.39, 0.29) is 0 Å². The largest absolute Gasteiger partial charge is 0.387 e. The van der Waals surface area contributed by atoms with Crippen LogP contribution in [0.15, 0.2) is 12.3 Å². The average molecular weight is 193 g/mol. The molecule has 1 unspecified atom stereocenters. The van der Waals surface area contributed by atoms with Crippen molar-refractivity contribution in [3.63, 3.8) is 0 Å². The third-order valence-corrected chi connectivity index (χ3v) is 2.27. The van der Waals surface area contributed by atoms with Crippen molar-refractivity contribution in [3.8, 4) is 0 Å². The molecule has 0 saturated heterocycles. The Hall–Kier alpha value is -0.890. The molecule has 1 aromatic heterocycles. The summed E-state index contributed by atoms with van der Waals surface area (Å²) in [5.41, 5.74) is 3.05. The second-order valence-electron chi connectivity index (χ2n) is 4.36. The predicted molar refractivity (Wildman–Crippen MR) is 58.1 cm³/mol. The minimum absolute atomic E-state index is 0.421. The lowest BCUT2D eigenvalue weighted by atomic mass is 10.0. The Morgan fingerprint density at radius 2 is 2.00 bits per heavy atom. The average Bonchev–Trinajstić information content (AvgIpc) is 2.01. The third kappa shape index (κ3) is 2.81. The molecular formula is C12H19NO. The van der Waals surface area contributed by atoms with Crippen molar-refractivity contribution in [3.05, 3.63) is 29.1 Å². The number of nitrogens with zero attached hydrogens (tertiary/aromatic N) is 1.